The number of carbonyl (C=O) groups excluding carboxylic acids is 1. The Morgan fingerprint density at radius 1 is 1.04 bits per heavy atom. The number of hydrogen-bond acceptors (Lipinski definition) is 7. The fourth-order valence-corrected chi connectivity index (χ4v) is 2.50. The highest BCUT2D eigenvalue weighted by Crippen LogP contribution is 2.33. The van der Waals surface area contributed by atoms with Crippen molar-refractivity contribution >= 4 is 23.1 Å². The Morgan fingerprint density at radius 2 is 1.85 bits per heavy atom. The van der Waals surface area contributed by atoms with Gasteiger partial charge in [-0.1, -0.05) is 5.16 Å². The molecule has 2 N–H and O–H groups in total. The molecule has 8 nitrogen and oxygen atoms in total. The molecule has 1 aliphatic heterocycles. The quantitative estimate of drug-likeness (QED) is 0.744. The average Bonchev–Trinajstić information content (AvgIpc) is 3.07. The van der Waals surface area contributed by atoms with E-state index in [-0.39, 0.29) is 11.6 Å². The van der Waals surface area contributed by atoms with E-state index in [1.165, 1.54) is 0 Å². The molecule has 1 aromatic carbocycles. The van der Waals surface area contributed by atoms with E-state index >= 15 is 0 Å². The van der Waals surface area contributed by atoms with Gasteiger partial charge in [0.2, 0.25) is 0 Å². The summed E-state index contributed by atoms with van der Waals surface area (Å²) in [5.74, 6) is 2.05. The summed E-state index contributed by atoms with van der Waals surface area (Å²) < 4.78 is 16.0. The highest BCUT2D eigenvalue weighted by molar-refractivity contribution is 6.02. The summed E-state index contributed by atoms with van der Waals surface area (Å²) in [6, 6.07) is 10.6. The largest absolute Gasteiger partial charge is 0.486 e. The molecule has 0 unspecified atom stereocenters. The fourth-order valence-electron chi connectivity index (χ4n) is 2.50. The second-order valence-electron chi connectivity index (χ2n) is 5.69. The molecule has 26 heavy (non-hydrogen) atoms. The first-order valence-corrected chi connectivity index (χ1v) is 8.05. The summed E-state index contributed by atoms with van der Waals surface area (Å²) in [4.78, 5) is 16.3. The van der Waals surface area contributed by atoms with Crippen LogP contribution >= 0.6 is 0 Å². The molecule has 1 aliphatic rings. The lowest BCUT2D eigenvalue weighted by molar-refractivity contribution is 0.102. The summed E-state index contributed by atoms with van der Waals surface area (Å²) in [5, 5.41) is 9.56. The van der Waals surface area contributed by atoms with Crippen LogP contribution in [0.25, 0.3) is 0 Å². The Hall–Kier alpha value is -3.55. The van der Waals surface area contributed by atoms with Crippen LogP contribution in [0, 0.1) is 6.92 Å². The number of aryl methyl sites for hydroxylation is 1. The maximum Gasteiger partial charge on any atom is 0.275 e. The van der Waals surface area contributed by atoms with Gasteiger partial charge in [-0.05, 0) is 31.2 Å². The van der Waals surface area contributed by atoms with E-state index in [1.54, 1.807) is 31.3 Å². The molecule has 0 radical (unpaired) electrons. The Labute approximate surface area is 149 Å². The maximum atomic E-state index is 12.1. The average molecular weight is 352 g/mol. The molecule has 0 aliphatic carbocycles. The highest BCUT2D eigenvalue weighted by atomic mass is 16.6. The van der Waals surface area contributed by atoms with Gasteiger partial charge in [0.25, 0.3) is 5.91 Å². The number of fused-ring (bicyclic) bond motifs is 1. The van der Waals surface area contributed by atoms with Crippen LogP contribution < -0.4 is 20.1 Å². The van der Waals surface area contributed by atoms with Gasteiger partial charge in [0, 0.05) is 17.8 Å². The molecule has 3 heterocycles. The van der Waals surface area contributed by atoms with Gasteiger partial charge in [-0.2, -0.15) is 0 Å². The summed E-state index contributed by atoms with van der Waals surface area (Å²) >= 11 is 0. The lowest BCUT2D eigenvalue weighted by Crippen LogP contribution is -2.15. The minimum absolute atomic E-state index is 0.276. The predicted molar refractivity (Wildman–Crippen MR) is 94.1 cm³/mol. The minimum atomic E-state index is -0.357. The minimum Gasteiger partial charge on any atom is -0.486 e. The van der Waals surface area contributed by atoms with Gasteiger partial charge in [0.05, 0.1) is 11.9 Å². The van der Waals surface area contributed by atoms with Crippen molar-refractivity contribution in [3.05, 3.63) is 54.0 Å². The number of benzene rings is 1. The van der Waals surface area contributed by atoms with Crippen LogP contribution in [-0.2, 0) is 0 Å². The number of ether oxygens (including phenoxy) is 2. The number of hydrogen-bond donors (Lipinski definition) is 2. The van der Waals surface area contributed by atoms with Gasteiger partial charge in [-0.3, -0.25) is 4.79 Å². The standard InChI is InChI=1S/C18H16N4O4/c1-11-8-17(22-26-11)21-18(23)14-4-2-13(10-19-14)20-12-3-5-15-16(9-12)25-7-6-24-15/h2-5,8-10,20H,6-7H2,1H3,(H,21,22,23). The molecule has 0 saturated heterocycles. The van der Waals surface area contributed by atoms with Gasteiger partial charge >= 0.3 is 0 Å². The van der Waals surface area contributed by atoms with Crippen molar-refractivity contribution in [2.45, 2.75) is 6.92 Å². The van der Waals surface area contributed by atoms with E-state index in [0.717, 1.165) is 17.1 Å². The van der Waals surface area contributed by atoms with E-state index in [9.17, 15) is 4.79 Å². The van der Waals surface area contributed by atoms with Crippen molar-refractivity contribution < 1.29 is 18.8 Å². The number of rotatable bonds is 4. The predicted octanol–water partition coefficient (Wildman–Crippen LogP) is 3.15. The Bertz CT molecular complexity index is 937. The molecule has 2 aromatic heterocycles. The fraction of sp³-hybridized carbons (Fsp3) is 0.167. The lowest BCUT2D eigenvalue weighted by Gasteiger charge is -2.19. The molecule has 3 aromatic rings. The number of nitrogens with one attached hydrogen (secondary N) is 2. The van der Waals surface area contributed by atoms with Crippen LogP contribution in [0.4, 0.5) is 17.2 Å². The first kappa shape index (κ1) is 15.9. The molecule has 0 saturated carbocycles. The van der Waals surface area contributed by atoms with Crippen LogP contribution in [0.5, 0.6) is 11.5 Å². The molecule has 0 atom stereocenters. The molecule has 132 valence electrons. The van der Waals surface area contributed by atoms with Crippen LogP contribution in [0.3, 0.4) is 0 Å². The zero-order chi connectivity index (χ0) is 17.9. The Kier molecular flexibility index (Phi) is 4.14. The van der Waals surface area contributed by atoms with E-state index in [1.807, 2.05) is 18.2 Å². The number of amides is 1. The molecular formula is C18H16N4O4. The van der Waals surface area contributed by atoms with Crippen molar-refractivity contribution in [2.75, 3.05) is 23.8 Å². The number of aromatic nitrogens is 2. The maximum absolute atomic E-state index is 12.1. The van der Waals surface area contributed by atoms with Crippen LogP contribution in [0.15, 0.2) is 47.1 Å². The third-order valence-corrected chi connectivity index (χ3v) is 3.70. The number of pyridine rings is 1. The Balaban J connectivity index is 1.43. The monoisotopic (exact) mass is 352 g/mol. The van der Waals surface area contributed by atoms with Crippen LogP contribution in [-0.4, -0.2) is 29.3 Å². The second kappa shape index (κ2) is 6.75. The second-order valence-corrected chi connectivity index (χ2v) is 5.69. The smallest absolute Gasteiger partial charge is 0.275 e. The van der Waals surface area contributed by atoms with Gasteiger partial charge in [0.15, 0.2) is 17.3 Å². The Morgan fingerprint density at radius 3 is 2.58 bits per heavy atom. The van der Waals surface area contributed by atoms with Gasteiger partial charge in [0.1, 0.15) is 24.7 Å². The van der Waals surface area contributed by atoms with E-state index in [0.29, 0.717) is 30.5 Å². The van der Waals surface area contributed by atoms with E-state index in [2.05, 4.69) is 20.8 Å². The molecule has 1 amide bonds. The molecule has 4 rings (SSSR count). The van der Waals surface area contributed by atoms with E-state index in [4.69, 9.17) is 14.0 Å². The van der Waals surface area contributed by atoms with E-state index < -0.39 is 0 Å². The van der Waals surface area contributed by atoms with Crippen molar-refractivity contribution in [1.29, 1.82) is 0 Å². The molecule has 0 fully saturated rings. The normalized spacial score (nSPS) is 12.5. The van der Waals surface area contributed by atoms with Gasteiger partial charge in [-0.15, -0.1) is 0 Å². The van der Waals surface area contributed by atoms with Crippen molar-refractivity contribution in [3.8, 4) is 11.5 Å². The number of anilines is 3. The third kappa shape index (κ3) is 3.44. The zero-order valence-electron chi connectivity index (χ0n) is 14.0. The van der Waals surface area contributed by atoms with Crippen molar-refractivity contribution in [3.63, 3.8) is 0 Å². The van der Waals surface area contributed by atoms with Crippen LogP contribution in [0.2, 0.25) is 0 Å². The van der Waals surface area contributed by atoms with Gasteiger partial charge < -0.3 is 24.6 Å². The van der Waals surface area contributed by atoms with Crippen molar-refractivity contribution in [2.24, 2.45) is 0 Å². The summed E-state index contributed by atoms with van der Waals surface area (Å²) in [6.07, 6.45) is 1.58. The number of nitrogens with zero attached hydrogens (tertiary/aromatic N) is 2. The summed E-state index contributed by atoms with van der Waals surface area (Å²) in [7, 11) is 0. The molecule has 0 spiro atoms. The topological polar surface area (TPSA) is 98.5 Å². The number of carbonyl (C=O) groups is 1. The first-order valence-electron chi connectivity index (χ1n) is 8.05. The SMILES string of the molecule is Cc1cc(NC(=O)c2ccc(Nc3ccc4c(c3)OCCO4)cn2)no1. The van der Waals surface area contributed by atoms with Crippen LogP contribution in [0.1, 0.15) is 16.2 Å². The lowest BCUT2D eigenvalue weighted by atomic mass is 10.2. The first-order chi connectivity index (χ1) is 12.7. The zero-order valence-corrected chi connectivity index (χ0v) is 14.0. The highest BCUT2D eigenvalue weighted by Gasteiger charge is 2.13. The summed E-state index contributed by atoms with van der Waals surface area (Å²) in [5.41, 5.74) is 1.86. The molecular weight excluding hydrogens is 336 g/mol. The third-order valence-electron chi connectivity index (χ3n) is 3.70. The molecule has 8 heteroatoms. The summed E-state index contributed by atoms with van der Waals surface area (Å²) in [6.45, 7) is 2.84. The van der Waals surface area contributed by atoms with Crippen molar-refractivity contribution in [1.82, 2.24) is 10.1 Å². The molecule has 0 bridgehead atoms. The van der Waals surface area contributed by atoms with Gasteiger partial charge in [-0.25, -0.2) is 4.98 Å².